The van der Waals surface area contributed by atoms with Crippen molar-refractivity contribution in [3.8, 4) is 0 Å². The highest BCUT2D eigenvalue weighted by Crippen LogP contribution is 2.32. The Kier molecular flexibility index (Phi) is 6.48. The maximum Gasteiger partial charge on any atom is 0.230 e. The van der Waals surface area contributed by atoms with Crippen molar-refractivity contribution in [3.63, 3.8) is 0 Å². The Bertz CT molecular complexity index is 598. The van der Waals surface area contributed by atoms with Crippen LogP contribution in [0.4, 0.5) is 0 Å². The number of methoxy groups -OCH3 is 1. The zero-order valence-corrected chi connectivity index (χ0v) is 16.2. The number of nitrogens with zero attached hydrogens (tertiary/aromatic N) is 1. The van der Waals surface area contributed by atoms with E-state index in [2.05, 4.69) is 5.32 Å². The van der Waals surface area contributed by atoms with Gasteiger partial charge in [-0.05, 0) is 39.0 Å². The van der Waals surface area contributed by atoms with Crippen LogP contribution < -0.4 is 5.32 Å². The minimum absolute atomic E-state index is 0.00938. The van der Waals surface area contributed by atoms with Gasteiger partial charge in [0, 0.05) is 33.2 Å². The maximum absolute atomic E-state index is 12.7. The third-order valence-corrected chi connectivity index (χ3v) is 7.06. The fraction of sp³-hybridized carbons (Fsp3) is 0.882. The topological polar surface area (TPSA) is 92.8 Å². The third kappa shape index (κ3) is 5.67. The van der Waals surface area contributed by atoms with E-state index >= 15 is 0 Å². The van der Waals surface area contributed by atoms with Crippen LogP contribution in [-0.2, 0) is 24.2 Å². The second kappa shape index (κ2) is 8.03. The van der Waals surface area contributed by atoms with E-state index in [9.17, 15) is 18.0 Å². The van der Waals surface area contributed by atoms with Crippen molar-refractivity contribution >= 4 is 21.7 Å². The van der Waals surface area contributed by atoms with Gasteiger partial charge in [-0.15, -0.1) is 0 Å². The zero-order chi connectivity index (χ0) is 18.7. The van der Waals surface area contributed by atoms with E-state index in [-0.39, 0.29) is 37.3 Å². The van der Waals surface area contributed by atoms with Crippen LogP contribution in [0.5, 0.6) is 0 Å². The number of hydrogen-bond donors (Lipinski definition) is 1. The van der Waals surface area contributed by atoms with Crippen LogP contribution in [0.2, 0.25) is 0 Å². The summed E-state index contributed by atoms with van der Waals surface area (Å²) in [6.07, 6.45) is 3.10. The lowest BCUT2D eigenvalue weighted by Gasteiger charge is -2.37. The molecular weight excluding hydrogens is 344 g/mol. The molecule has 1 N–H and O–H groups in total. The molecule has 1 heterocycles. The highest BCUT2D eigenvalue weighted by molar-refractivity contribution is 7.92. The quantitative estimate of drug-likeness (QED) is 0.671. The summed E-state index contributed by atoms with van der Waals surface area (Å²) >= 11 is 0. The predicted molar refractivity (Wildman–Crippen MR) is 94.8 cm³/mol. The molecule has 2 amide bonds. The minimum atomic E-state index is -3.23. The number of sulfone groups is 1. The van der Waals surface area contributed by atoms with Crippen LogP contribution in [0.3, 0.4) is 0 Å². The fourth-order valence-electron chi connectivity index (χ4n) is 3.19. The monoisotopic (exact) mass is 374 g/mol. The highest BCUT2D eigenvalue weighted by Gasteiger charge is 2.39. The number of carbonyl (C=O) groups excluding carboxylic acids is 2. The smallest absolute Gasteiger partial charge is 0.230 e. The van der Waals surface area contributed by atoms with Crippen LogP contribution in [0.25, 0.3) is 0 Å². The molecule has 25 heavy (non-hydrogen) atoms. The molecule has 1 unspecified atom stereocenters. The Labute approximate surface area is 150 Å². The van der Waals surface area contributed by atoms with Gasteiger partial charge in [0.25, 0.3) is 0 Å². The van der Waals surface area contributed by atoms with Crippen molar-refractivity contribution in [1.82, 2.24) is 10.2 Å². The molecule has 2 aliphatic rings. The number of carbonyl (C=O) groups is 2. The molecular formula is C17H30N2O5S. The van der Waals surface area contributed by atoms with Gasteiger partial charge in [-0.25, -0.2) is 8.42 Å². The molecule has 1 saturated carbocycles. The molecule has 0 aromatic carbocycles. The van der Waals surface area contributed by atoms with Gasteiger partial charge in [-0.2, -0.15) is 0 Å². The predicted octanol–water partition coefficient (Wildman–Crippen LogP) is 0.591. The van der Waals surface area contributed by atoms with Gasteiger partial charge in [0.05, 0.1) is 23.0 Å². The van der Waals surface area contributed by atoms with E-state index in [1.165, 1.54) is 0 Å². The fourth-order valence-corrected chi connectivity index (χ4v) is 4.88. The summed E-state index contributed by atoms with van der Waals surface area (Å²) in [6, 6.07) is 0. The normalized spacial score (nSPS) is 23.3. The summed E-state index contributed by atoms with van der Waals surface area (Å²) in [5.74, 6) is 0.383. The molecule has 1 aliphatic carbocycles. The summed E-state index contributed by atoms with van der Waals surface area (Å²) in [5, 5.41) is 2.19. The highest BCUT2D eigenvalue weighted by atomic mass is 32.2. The Balaban J connectivity index is 1.88. The van der Waals surface area contributed by atoms with Gasteiger partial charge in [-0.1, -0.05) is 0 Å². The van der Waals surface area contributed by atoms with Crippen LogP contribution >= 0.6 is 0 Å². The average Bonchev–Trinajstić information content (AvgIpc) is 3.32. The van der Waals surface area contributed by atoms with Crippen molar-refractivity contribution in [1.29, 1.82) is 0 Å². The molecule has 2 fully saturated rings. The van der Waals surface area contributed by atoms with E-state index in [1.807, 2.05) is 0 Å². The van der Waals surface area contributed by atoms with Gasteiger partial charge >= 0.3 is 0 Å². The zero-order valence-electron chi connectivity index (χ0n) is 15.4. The van der Waals surface area contributed by atoms with Gasteiger partial charge in [0.1, 0.15) is 0 Å². The molecule has 1 saturated heterocycles. The molecule has 0 bridgehead atoms. The molecule has 8 heteroatoms. The average molecular weight is 375 g/mol. The van der Waals surface area contributed by atoms with Crippen molar-refractivity contribution in [3.05, 3.63) is 0 Å². The SMILES string of the molecule is COCC(C)(C)C(=O)N1CCS(=O)(=O)C(CCNC(=O)CC2CC2)C1. The molecule has 144 valence electrons. The van der Waals surface area contributed by atoms with Crippen molar-refractivity contribution in [2.24, 2.45) is 11.3 Å². The molecule has 1 aliphatic heterocycles. The summed E-state index contributed by atoms with van der Waals surface area (Å²) in [4.78, 5) is 26.0. The lowest BCUT2D eigenvalue weighted by Crippen LogP contribution is -2.54. The molecule has 0 spiro atoms. The molecule has 0 aromatic heterocycles. The van der Waals surface area contributed by atoms with E-state index < -0.39 is 20.5 Å². The second-order valence-electron chi connectivity index (χ2n) is 7.84. The van der Waals surface area contributed by atoms with Crippen LogP contribution in [0.1, 0.15) is 39.5 Å². The van der Waals surface area contributed by atoms with E-state index in [4.69, 9.17) is 4.74 Å². The van der Waals surface area contributed by atoms with Gasteiger partial charge in [0.2, 0.25) is 11.8 Å². The minimum Gasteiger partial charge on any atom is -0.384 e. The van der Waals surface area contributed by atoms with Crippen LogP contribution in [0, 0.1) is 11.3 Å². The van der Waals surface area contributed by atoms with Crippen LogP contribution in [-0.4, -0.2) is 69.5 Å². The van der Waals surface area contributed by atoms with Gasteiger partial charge < -0.3 is 15.0 Å². The Morgan fingerprint density at radius 3 is 2.56 bits per heavy atom. The first-order chi connectivity index (χ1) is 11.7. The number of amides is 2. The van der Waals surface area contributed by atoms with Crippen molar-refractivity contribution in [2.75, 3.05) is 39.1 Å². The molecule has 0 aromatic rings. The summed E-state index contributed by atoms with van der Waals surface area (Å²) in [6.45, 7) is 4.63. The maximum atomic E-state index is 12.7. The van der Waals surface area contributed by atoms with E-state index in [0.29, 0.717) is 25.3 Å². The first kappa shape index (κ1) is 20.2. The lowest BCUT2D eigenvalue weighted by atomic mass is 9.92. The second-order valence-corrected chi connectivity index (χ2v) is 10.2. The first-order valence-corrected chi connectivity index (χ1v) is 10.6. The van der Waals surface area contributed by atoms with Gasteiger partial charge in [-0.3, -0.25) is 9.59 Å². The molecule has 2 rings (SSSR count). The number of hydrogen-bond acceptors (Lipinski definition) is 5. The Morgan fingerprint density at radius 1 is 1.28 bits per heavy atom. The third-order valence-electron chi connectivity index (χ3n) is 4.91. The van der Waals surface area contributed by atoms with Gasteiger partial charge in [0.15, 0.2) is 9.84 Å². The standard InChI is InChI=1S/C17H30N2O5S/c1-17(2,12-24-3)16(21)19-8-9-25(22,23)14(11-19)6-7-18-15(20)10-13-4-5-13/h13-14H,4-12H2,1-3H3,(H,18,20). The van der Waals surface area contributed by atoms with Crippen molar-refractivity contribution in [2.45, 2.75) is 44.8 Å². The molecule has 7 nitrogen and oxygen atoms in total. The summed E-state index contributed by atoms with van der Waals surface area (Å²) in [5.41, 5.74) is -0.682. The van der Waals surface area contributed by atoms with Crippen molar-refractivity contribution < 1.29 is 22.7 Å². The number of rotatable bonds is 8. The summed E-state index contributed by atoms with van der Waals surface area (Å²) < 4.78 is 29.7. The largest absolute Gasteiger partial charge is 0.384 e. The lowest BCUT2D eigenvalue weighted by molar-refractivity contribution is -0.143. The molecule has 0 radical (unpaired) electrons. The summed E-state index contributed by atoms with van der Waals surface area (Å²) in [7, 11) is -1.69. The number of nitrogens with one attached hydrogen (secondary N) is 1. The number of ether oxygens (including phenoxy) is 1. The Hall–Kier alpha value is -1.15. The molecule has 1 atom stereocenters. The first-order valence-electron chi connectivity index (χ1n) is 8.92. The Morgan fingerprint density at radius 2 is 1.96 bits per heavy atom. The van der Waals surface area contributed by atoms with Crippen LogP contribution in [0.15, 0.2) is 0 Å². The van der Waals surface area contributed by atoms with E-state index in [0.717, 1.165) is 12.8 Å². The van der Waals surface area contributed by atoms with E-state index in [1.54, 1.807) is 25.9 Å².